The average Bonchev–Trinajstić information content (AvgIpc) is 3.57. The molecule has 0 radical (unpaired) electrons. The summed E-state index contributed by atoms with van der Waals surface area (Å²) >= 11 is 1.66. The highest BCUT2D eigenvalue weighted by atomic mass is 32.1. The van der Waals surface area contributed by atoms with Crippen molar-refractivity contribution in [3.63, 3.8) is 0 Å². The monoisotopic (exact) mass is 427 g/mol. The quantitative estimate of drug-likeness (QED) is 0.392. The van der Waals surface area contributed by atoms with E-state index in [0.717, 1.165) is 38.9 Å². The Kier molecular flexibility index (Phi) is 3.98. The van der Waals surface area contributed by atoms with Gasteiger partial charge in [-0.3, -0.25) is 9.78 Å². The molecule has 0 fully saturated rings. The van der Waals surface area contributed by atoms with Crippen LogP contribution < -0.4 is 0 Å². The maximum atomic E-state index is 9.65. The van der Waals surface area contributed by atoms with E-state index in [1.807, 2.05) is 37.5 Å². The van der Waals surface area contributed by atoms with Crippen molar-refractivity contribution < 1.29 is 5.11 Å². The summed E-state index contributed by atoms with van der Waals surface area (Å²) < 4.78 is 1.67. The summed E-state index contributed by atoms with van der Waals surface area (Å²) in [4.78, 5) is 13.1. The van der Waals surface area contributed by atoms with Crippen LogP contribution in [0.5, 0.6) is 0 Å². The molecule has 6 rings (SSSR count). The molecule has 8 nitrogen and oxygen atoms in total. The van der Waals surface area contributed by atoms with Gasteiger partial charge in [-0.1, -0.05) is 12.1 Å². The third-order valence-corrected chi connectivity index (χ3v) is 5.99. The number of aliphatic hydroxyl groups is 1. The maximum Gasteiger partial charge on any atom is 0.161 e. The number of rotatable bonds is 4. The normalized spacial score (nSPS) is 11.7. The smallest absolute Gasteiger partial charge is 0.161 e. The number of imidazole rings is 1. The number of nitrogens with one attached hydrogen (secondary N) is 2. The van der Waals surface area contributed by atoms with Crippen LogP contribution in [0, 0.1) is 0 Å². The van der Waals surface area contributed by atoms with E-state index >= 15 is 0 Å². The highest BCUT2D eigenvalue weighted by molar-refractivity contribution is 7.08. The average molecular weight is 427 g/mol. The lowest BCUT2D eigenvalue weighted by Crippen LogP contribution is -1.91. The van der Waals surface area contributed by atoms with Gasteiger partial charge in [-0.2, -0.15) is 21.5 Å². The van der Waals surface area contributed by atoms with Crippen LogP contribution in [0.3, 0.4) is 0 Å². The van der Waals surface area contributed by atoms with Gasteiger partial charge in [0.25, 0.3) is 0 Å². The molecule has 0 bridgehead atoms. The summed E-state index contributed by atoms with van der Waals surface area (Å²) in [5.41, 5.74) is 8.35. The van der Waals surface area contributed by atoms with Crippen LogP contribution in [-0.4, -0.2) is 40.0 Å². The SMILES string of the molecule is Cn1cc(-c2ccc3[nH]nc(-c4nc5c(-c6ccsc6)cccc5[nH]4)c3n2)c(CO)n1. The van der Waals surface area contributed by atoms with Gasteiger partial charge in [0.2, 0.25) is 0 Å². The van der Waals surface area contributed by atoms with Crippen LogP contribution in [0.4, 0.5) is 0 Å². The Morgan fingerprint density at radius 3 is 2.81 bits per heavy atom. The maximum absolute atomic E-state index is 9.65. The summed E-state index contributed by atoms with van der Waals surface area (Å²) in [6.07, 6.45) is 1.85. The molecule has 5 aromatic heterocycles. The zero-order valence-electron chi connectivity index (χ0n) is 16.5. The van der Waals surface area contributed by atoms with Crippen molar-refractivity contribution in [2.75, 3.05) is 0 Å². The Morgan fingerprint density at radius 2 is 1.97 bits per heavy atom. The van der Waals surface area contributed by atoms with Crippen LogP contribution in [0.15, 0.2) is 53.4 Å². The number of aliphatic hydroxyl groups excluding tert-OH is 1. The lowest BCUT2D eigenvalue weighted by molar-refractivity contribution is 0.276. The van der Waals surface area contributed by atoms with E-state index in [0.29, 0.717) is 22.7 Å². The van der Waals surface area contributed by atoms with Crippen molar-refractivity contribution in [2.24, 2.45) is 7.05 Å². The summed E-state index contributed by atoms with van der Waals surface area (Å²) in [5.74, 6) is 0.655. The Hall–Kier alpha value is -3.82. The number of aromatic nitrogens is 7. The van der Waals surface area contributed by atoms with Gasteiger partial charge in [0, 0.05) is 24.4 Å². The summed E-state index contributed by atoms with van der Waals surface area (Å²) in [5, 5.41) is 25.7. The van der Waals surface area contributed by atoms with Crippen LogP contribution in [0.25, 0.3) is 56.0 Å². The minimum Gasteiger partial charge on any atom is -0.390 e. The second kappa shape index (κ2) is 6.86. The first-order valence-electron chi connectivity index (χ1n) is 9.72. The number of aryl methyl sites for hydroxylation is 1. The fourth-order valence-electron chi connectivity index (χ4n) is 3.87. The number of pyridine rings is 1. The minimum absolute atomic E-state index is 0.150. The Bertz CT molecular complexity index is 1540. The first-order chi connectivity index (χ1) is 15.2. The molecule has 9 heteroatoms. The van der Waals surface area contributed by atoms with E-state index < -0.39 is 0 Å². The molecule has 0 aliphatic heterocycles. The van der Waals surface area contributed by atoms with Crippen LogP contribution in [0.2, 0.25) is 0 Å². The van der Waals surface area contributed by atoms with Gasteiger partial charge >= 0.3 is 0 Å². The molecule has 6 aromatic rings. The van der Waals surface area contributed by atoms with Gasteiger partial charge in [-0.25, -0.2) is 9.97 Å². The largest absolute Gasteiger partial charge is 0.390 e. The lowest BCUT2D eigenvalue weighted by Gasteiger charge is -2.00. The highest BCUT2D eigenvalue weighted by Crippen LogP contribution is 2.32. The van der Waals surface area contributed by atoms with Gasteiger partial charge in [0.15, 0.2) is 11.5 Å². The zero-order chi connectivity index (χ0) is 20.9. The molecule has 152 valence electrons. The van der Waals surface area contributed by atoms with E-state index in [1.165, 1.54) is 0 Å². The van der Waals surface area contributed by atoms with Crippen LogP contribution in [-0.2, 0) is 13.7 Å². The Balaban J connectivity index is 1.52. The van der Waals surface area contributed by atoms with Crippen molar-refractivity contribution in [2.45, 2.75) is 6.61 Å². The third-order valence-electron chi connectivity index (χ3n) is 5.31. The molecule has 3 N–H and O–H groups in total. The van der Waals surface area contributed by atoms with Crippen molar-refractivity contribution in [1.29, 1.82) is 0 Å². The lowest BCUT2D eigenvalue weighted by atomic mass is 10.1. The molecule has 5 heterocycles. The molecule has 1 aromatic carbocycles. The molecule has 31 heavy (non-hydrogen) atoms. The molecular formula is C22H17N7OS. The van der Waals surface area contributed by atoms with Crippen molar-refractivity contribution in [1.82, 2.24) is 34.9 Å². The molecule has 0 unspecified atom stereocenters. The molecule has 0 aliphatic rings. The Morgan fingerprint density at radius 1 is 1.03 bits per heavy atom. The molecule has 0 amide bonds. The molecule has 0 spiro atoms. The number of benzene rings is 1. The van der Waals surface area contributed by atoms with E-state index in [1.54, 1.807) is 16.0 Å². The number of nitrogens with zero attached hydrogens (tertiary/aromatic N) is 5. The van der Waals surface area contributed by atoms with E-state index in [-0.39, 0.29) is 6.61 Å². The zero-order valence-corrected chi connectivity index (χ0v) is 17.3. The molecule has 0 saturated carbocycles. The highest BCUT2D eigenvalue weighted by Gasteiger charge is 2.18. The number of hydrogen-bond donors (Lipinski definition) is 3. The van der Waals surface area contributed by atoms with Crippen molar-refractivity contribution in [3.05, 3.63) is 59.0 Å². The van der Waals surface area contributed by atoms with E-state index in [9.17, 15) is 5.11 Å². The second-order valence-electron chi connectivity index (χ2n) is 7.29. The standard InChI is InChI=1S/C22H17N7OS/c1-29-9-14(18(10-30)28-29)15-5-6-17-20(23-15)21(27-26-17)22-24-16-4-2-3-13(19(16)25-22)12-7-8-31-11-12/h2-9,11,30H,10H2,1H3,(H,24,25)(H,26,27). The van der Waals surface area contributed by atoms with Crippen LogP contribution >= 0.6 is 11.3 Å². The van der Waals surface area contributed by atoms with Gasteiger partial charge in [-0.15, -0.1) is 0 Å². The molecule has 0 atom stereocenters. The fraction of sp³-hybridized carbons (Fsp3) is 0.0909. The summed E-state index contributed by atoms with van der Waals surface area (Å²) in [7, 11) is 1.82. The summed E-state index contributed by atoms with van der Waals surface area (Å²) in [6.45, 7) is -0.150. The summed E-state index contributed by atoms with van der Waals surface area (Å²) in [6, 6.07) is 12.0. The van der Waals surface area contributed by atoms with Gasteiger partial charge in [0.05, 0.1) is 34.5 Å². The molecular weight excluding hydrogens is 410 g/mol. The van der Waals surface area contributed by atoms with Crippen LogP contribution in [0.1, 0.15) is 5.69 Å². The van der Waals surface area contributed by atoms with E-state index in [4.69, 9.17) is 9.97 Å². The van der Waals surface area contributed by atoms with Gasteiger partial charge < -0.3 is 10.1 Å². The third kappa shape index (κ3) is 2.86. The minimum atomic E-state index is -0.150. The number of H-pyrrole nitrogens is 2. The predicted octanol–water partition coefficient (Wildman–Crippen LogP) is 4.12. The number of hydrogen-bond acceptors (Lipinski definition) is 6. The first-order valence-corrected chi connectivity index (χ1v) is 10.7. The van der Waals surface area contributed by atoms with Gasteiger partial charge in [-0.05, 0) is 40.6 Å². The number of fused-ring (bicyclic) bond motifs is 2. The van der Waals surface area contributed by atoms with Crippen molar-refractivity contribution >= 4 is 33.4 Å². The van der Waals surface area contributed by atoms with Gasteiger partial charge in [0.1, 0.15) is 5.52 Å². The molecule has 0 aliphatic carbocycles. The van der Waals surface area contributed by atoms with Crippen molar-refractivity contribution in [3.8, 4) is 33.9 Å². The molecule has 0 saturated heterocycles. The number of para-hydroxylation sites is 1. The number of aromatic amines is 2. The second-order valence-corrected chi connectivity index (χ2v) is 8.07. The number of thiophene rings is 1. The topological polar surface area (TPSA) is 108 Å². The van der Waals surface area contributed by atoms with E-state index in [2.05, 4.69) is 43.2 Å². The predicted molar refractivity (Wildman–Crippen MR) is 120 cm³/mol. The Labute approximate surface area is 180 Å². The first kappa shape index (κ1) is 18.0. The fourth-order valence-corrected chi connectivity index (χ4v) is 4.53.